The van der Waals surface area contributed by atoms with Gasteiger partial charge >= 0.3 is 0 Å². The Balaban J connectivity index is 1.85. The molecule has 1 N–H and O–H groups in total. The van der Waals surface area contributed by atoms with Gasteiger partial charge in [0.2, 0.25) is 0 Å². The van der Waals surface area contributed by atoms with Crippen LogP contribution in [0.25, 0.3) is 10.9 Å². The molecular formula is C21H16BrFN2O2S. The molecule has 0 aliphatic heterocycles. The number of hydrogen-bond donors (Lipinski definition) is 1. The molecule has 0 atom stereocenters. The molecule has 0 aliphatic carbocycles. The summed E-state index contributed by atoms with van der Waals surface area (Å²) in [5, 5.41) is 3.98. The molecule has 0 amide bonds. The van der Waals surface area contributed by atoms with Crippen molar-refractivity contribution in [2.75, 3.05) is 5.32 Å². The first-order chi connectivity index (χ1) is 13.5. The molecule has 3 aromatic carbocycles. The van der Waals surface area contributed by atoms with Gasteiger partial charge in [0.25, 0.3) is 10.0 Å². The van der Waals surface area contributed by atoms with Crippen LogP contribution >= 0.6 is 15.9 Å². The number of anilines is 1. The summed E-state index contributed by atoms with van der Waals surface area (Å²) in [6, 6.07) is 21.6. The quantitative estimate of drug-likeness (QED) is 0.435. The molecule has 0 fully saturated rings. The number of nitrogens with one attached hydrogen (secondary N) is 1. The second-order valence-electron chi connectivity index (χ2n) is 6.22. The molecule has 1 heterocycles. The van der Waals surface area contributed by atoms with Crippen LogP contribution in [0.15, 0.2) is 88.2 Å². The minimum absolute atomic E-state index is 0.214. The summed E-state index contributed by atoms with van der Waals surface area (Å²) >= 11 is 3.57. The summed E-state index contributed by atoms with van der Waals surface area (Å²) in [6.07, 6.45) is 0. The minimum Gasteiger partial charge on any atom is -0.379 e. The fourth-order valence-electron chi connectivity index (χ4n) is 3.10. The third-order valence-corrected chi connectivity index (χ3v) is 7.09. The molecule has 28 heavy (non-hydrogen) atoms. The molecule has 1 aromatic heterocycles. The highest BCUT2D eigenvalue weighted by Crippen LogP contribution is 2.34. The molecule has 0 unspecified atom stereocenters. The fraction of sp³-hybridized carbons (Fsp3) is 0.0476. The van der Waals surface area contributed by atoms with Crippen molar-refractivity contribution in [2.24, 2.45) is 0 Å². The predicted molar refractivity (Wildman–Crippen MR) is 112 cm³/mol. The Morgan fingerprint density at radius 2 is 1.54 bits per heavy atom. The third-order valence-electron chi connectivity index (χ3n) is 4.44. The maximum atomic E-state index is 13.4. The smallest absolute Gasteiger partial charge is 0.268 e. The van der Waals surface area contributed by atoms with Crippen LogP contribution in [0.2, 0.25) is 0 Å². The first-order valence-corrected chi connectivity index (χ1v) is 10.8. The molecule has 0 radical (unpaired) electrons. The number of para-hydroxylation sites is 1. The summed E-state index contributed by atoms with van der Waals surface area (Å²) in [7, 11) is -3.80. The van der Waals surface area contributed by atoms with E-state index in [1.807, 2.05) is 18.2 Å². The monoisotopic (exact) mass is 458 g/mol. The van der Waals surface area contributed by atoms with Crippen LogP contribution in [0.4, 0.5) is 10.1 Å². The van der Waals surface area contributed by atoms with Gasteiger partial charge in [-0.25, -0.2) is 16.8 Å². The highest BCUT2D eigenvalue weighted by molar-refractivity contribution is 9.10. The van der Waals surface area contributed by atoms with E-state index in [-0.39, 0.29) is 17.3 Å². The molecule has 142 valence electrons. The lowest BCUT2D eigenvalue weighted by Crippen LogP contribution is -2.17. The molecule has 4 nitrogen and oxygen atoms in total. The topological polar surface area (TPSA) is 51.1 Å². The Kier molecular flexibility index (Phi) is 4.95. The zero-order valence-electron chi connectivity index (χ0n) is 14.6. The third kappa shape index (κ3) is 3.31. The highest BCUT2D eigenvalue weighted by atomic mass is 79.9. The molecule has 0 spiro atoms. The SMILES string of the molecule is O=S(=O)(c1ccccc1)n1c(CNc2ccc(F)cc2)c(Br)c2ccccc21. The number of benzene rings is 3. The van der Waals surface area contributed by atoms with Gasteiger partial charge in [-0.15, -0.1) is 0 Å². The number of halogens is 2. The summed E-state index contributed by atoms with van der Waals surface area (Å²) in [6.45, 7) is 0.243. The van der Waals surface area contributed by atoms with Crippen LogP contribution < -0.4 is 5.32 Å². The van der Waals surface area contributed by atoms with E-state index in [2.05, 4.69) is 21.2 Å². The average molecular weight is 459 g/mol. The Labute approximate surface area is 170 Å². The molecular weight excluding hydrogens is 443 g/mol. The standard InChI is InChI=1S/C21H16BrFN2O2S/c22-21-18-8-4-5-9-19(18)25(28(26,27)17-6-2-1-3-7-17)20(21)14-24-16-12-10-15(23)11-13-16/h1-13,24H,14H2. The van der Waals surface area contributed by atoms with Crippen molar-refractivity contribution >= 4 is 42.5 Å². The van der Waals surface area contributed by atoms with Gasteiger partial charge in [-0.2, -0.15) is 0 Å². The number of fused-ring (bicyclic) bond motifs is 1. The first kappa shape index (κ1) is 18.7. The van der Waals surface area contributed by atoms with Crippen LogP contribution in [0.3, 0.4) is 0 Å². The Hall–Kier alpha value is -2.64. The van der Waals surface area contributed by atoms with E-state index in [4.69, 9.17) is 0 Å². The minimum atomic E-state index is -3.80. The van der Waals surface area contributed by atoms with Gasteiger partial charge in [0.05, 0.1) is 22.7 Å². The molecule has 0 saturated carbocycles. The Morgan fingerprint density at radius 1 is 0.893 bits per heavy atom. The van der Waals surface area contributed by atoms with E-state index in [1.165, 1.54) is 16.1 Å². The van der Waals surface area contributed by atoms with Crippen LogP contribution in [0, 0.1) is 5.82 Å². The molecule has 0 bridgehead atoms. The van der Waals surface area contributed by atoms with Crippen molar-refractivity contribution in [1.29, 1.82) is 0 Å². The van der Waals surface area contributed by atoms with E-state index in [0.717, 1.165) is 5.39 Å². The summed E-state index contributed by atoms with van der Waals surface area (Å²) in [5.41, 5.74) is 1.85. The second-order valence-corrected chi connectivity index (χ2v) is 8.80. The number of aromatic nitrogens is 1. The fourth-order valence-corrected chi connectivity index (χ4v) is 5.45. The summed E-state index contributed by atoms with van der Waals surface area (Å²) in [4.78, 5) is 0.214. The number of nitrogens with zero attached hydrogens (tertiary/aromatic N) is 1. The van der Waals surface area contributed by atoms with Gasteiger partial charge in [-0.3, -0.25) is 0 Å². The number of rotatable bonds is 5. The van der Waals surface area contributed by atoms with Crippen molar-refractivity contribution in [1.82, 2.24) is 3.97 Å². The van der Waals surface area contributed by atoms with E-state index in [0.29, 0.717) is 21.4 Å². The van der Waals surface area contributed by atoms with Crippen molar-refractivity contribution in [2.45, 2.75) is 11.4 Å². The van der Waals surface area contributed by atoms with Gasteiger partial charge < -0.3 is 5.32 Å². The van der Waals surface area contributed by atoms with Crippen LogP contribution in [0.1, 0.15) is 5.69 Å². The molecule has 0 saturated heterocycles. The highest BCUT2D eigenvalue weighted by Gasteiger charge is 2.25. The lowest BCUT2D eigenvalue weighted by Gasteiger charge is -2.13. The van der Waals surface area contributed by atoms with Crippen molar-refractivity contribution in [3.8, 4) is 0 Å². The van der Waals surface area contributed by atoms with Crippen molar-refractivity contribution in [3.63, 3.8) is 0 Å². The lowest BCUT2D eigenvalue weighted by molar-refractivity contribution is 0.587. The molecule has 4 rings (SSSR count). The van der Waals surface area contributed by atoms with E-state index in [1.54, 1.807) is 48.5 Å². The van der Waals surface area contributed by atoms with E-state index < -0.39 is 10.0 Å². The summed E-state index contributed by atoms with van der Waals surface area (Å²) < 4.78 is 42.0. The Morgan fingerprint density at radius 3 is 2.25 bits per heavy atom. The first-order valence-electron chi connectivity index (χ1n) is 8.56. The Bertz CT molecular complexity index is 1240. The van der Waals surface area contributed by atoms with Gasteiger partial charge in [-0.1, -0.05) is 36.4 Å². The van der Waals surface area contributed by atoms with Gasteiger partial charge in [0.1, 0.15) is 5.82 Å². The van der Waals surface area contributed by atoms with Gasteiger partial charge in [0.15, 0.2) is 0 Å². The zero-order chi connectivity index (χ0) is 19.7. The van der Waals surface area contributed by atoms with E-state index in [9.17, 15) is 12.8 Å². The maximum Gasteiger partial charge on any atom is 0.268 e. The largest absolute Gasteiger partial charge is 0.379 e. The molecule has 4 aromatic rings. The van der Waals surface area contributed by atoms with Gasteiger partial charge in [0, 0.05) is 15.5 Å². The zero-order valence-corrected chi connectivity index (χ0v) is 17.0. The van der Waals surface area contributed by atoms with Crippen LogP contribution in [0.5, 0.6) is 0 Å². The molecule has 7 heteroatoms. The predicted octanol–water partition coefficient (Wildman–Crippen LogP) is 5.39. The second kappa shape index (κ2) is 7.41. The number of hydrogen-bond acceptors (Lipinski definition) is 3. The van der Waals surface area contributed by atoms with Crippen molar-refractivity contribution < 1.29 is 12.8 Å². The lowest BCUT2D eigenvalue weighted by atomic mass is 10.2. The normalized spacial score (nSPS) is 11.6. The average Bonchev–Trinajstić information content (AvgIpc) is 3.01. The molecule has 0 aliphatic rings. The van der Waals surface area contributed by atoms with Crippen LogP contribution in [-0.4, -0.2) is 12.4 Å². The van der Waals surface area contributed by atoms with Gasteiger partial charge in [-0.05, 0) is 58.4 Å². The maximum absolute atomic E-state index is 13.4. The van der Waals surface area contributed by atoms with Crippen LogP contribution in [-0.2, 0) is 16.6 Å². The summed E-state index contributed by atoms with van der Waals surface area (Å²) in [5.74, 6) is -0.326. The van der Waals surface area contributed by atoms with E-state index >= 15 is 0 Å². The van der Waals surface area contributed by atoms with Crippen molar-refractivity contribution in [3.05, 3.63) is 94.8 Å².